The smallest absolute Gasteiger partial charge is 0.380 e. The molecule has 0 bridgehead atoms. The van der Waals surface area contributed by atoms with Gasteiger partial charge >= 0.3 is 6.18 Å². The zero-order valence-corrected chi connectivity index (χ0v) is 13.6. The van der Waals surface area contributed by atoms with Crippen molar-refractivity contribution in [3.63, 3.8) is 0 Å². The molecule has 2 nitrogen and oxygen atoms in total. The fraction of sp³-hybridized carbons (Fsp3) is 0.647. The average molecular weight is 315 g/mol. The minimum atomic E-state index is -4.32. The van der Waals surface area contributed by atoms with E-state index in [4.69, 9.17) is 4.74 Å². The number of methoxy groups -OCH3 is 1. The van der Waals surface area contributed by atoms with E-state index in [1.54, 1.807) is 13.2 Å². The van der Waals surface area contributed by atoms with Crippen LogP contribution in [0.3, 0.4) is 0 Å². The molecule has 1 saturated heterocycles. The Labute approximate surface area is 130 Å². The van der Waals surface area contributed by atoms with Crippen molar-refractivity contribution in [1.82, 2.24) is 4.90 Å². The van der Waals surface area contributed by atoms with Crippen LogP contribution in [-0.4, -0.2) is 31.2 Å². The van der Waals surface area contributed by atoms with Gasteiger partial charge in [-0.25, -0.2) is 0 Å². The molecule has 1 atom stereocenters. The molecule has 124 valence electrons. The Morgan fingerprint density at radius 1 is 1.23 bits per heavy atom. The number of rotatable bonds is 3. The second kappa shape index (κ2) is 6.20. The Bertz CT molecular complexity index is 520. The van der Waals surface area contributed by atoms with E-state index >= 15 is 0 Å². The molecule has 1 aromatic rings. The van der Waals surface area contributed by atoms with E-state index in [-0.39, 0.29) is 11.5 Å². The number of likely N-dealkylation sites (tertiary alicyclic amines) is 1. The van der Waals surface area contributed by atoms with Gasteiger partial charge in [0.2, 0.25) is 0 Å². The highest BCUT2D eigenvalue weighted by Gasteiger charge is 2.35. The first-order valence-electron chi connectivity index (χ1n) is 7.57. The van der Waals surface area contributed by atoms with Crippen molar-refractivity contribution in [2.24, 2.45) is 0 Å². The Balaban J connectivity index is 2.27. The lowest BCUT2D eigenvalue weighted by atomic mass is 9.85. The molecule has 0 spiro atoms. The number of alkyl halides is 3. The maximum atomic E-state index is 13.4. The van der Waals surface area contributed by atoms with Gasteiger partial charge in [0.1, 0.15) is 0 Å². The average Bonchev–Trinajstić information content (AvgIpc) is 2.84. The van der Waals surface area contributed by atoms with E-state index < -0.39 is 11.7 Å². The van der Waals surface area contributed by atoms with Crippen molar-refractivity contribution in [2.45, 2.75) is 51.4 Å². The molecule has 0 aromatic heterocycles. The van der Waals surface area contributed by atoms with Crippen LogP contribution in [0.15, 0.2) is 18.2 Å². The van der Waals surface area contributed by atoms with Gasteiger partial charge in [0, 0.05) is 26.7 Å². The van der Waals surface area contributed by atoms with E-state index in [2.05, 4.69) is 0 Å². The van der Waals surface area contributed by atoms with Crippen LogP contribution >= 0.6 is 0 Å². The molecule has 0 N–H and O–H groups in total. The van der Waals surface area contributed by atoms with Crippen molar-refractivity contribution < 1.29 is 17.9 Å². The molecular weight excluding hydrogens is 291 g/mol. The third-order valence-electron chi connectivity index (χ3n) is 4.24. The van der Waals surface area contributed by atoms with Crippen LogP contribution in [-0.2, 0) is 22.9 Å². The molecule has 0 radical (unpaired) electrons. The van der Waals surface area contributed by atoms with Crippen LogP contribution < -0.4 is 0 Å². The monoisotopic (exact) mass is 315 g/mol. The lowest BCUT2D eigenvalue weighted by Crippen LogP contribution is -2.24. The van der Waals surface area contributed by atoms with Crippen LogP contribution in [0.4, 0.5) is 13.2 Å². The van der Waals surface area contributed by atoms with Crippen LogP contribution in [0.2, 0.25) is 0 Å². The summed E-state index contributed by atoms with van der Waals surface area (Å²) in [5.74, 6) is 0. The lowest BCUT2D eigenvalue weighted by Gasteiger charge is -2.24. The topological polar surface area (TPSA) is 12.5 Å². The fourth-order valence-electron chi connectivity index (χ4n) is 2.82. The van der Waals surface area contributed by atoms with E-state index in [9.17, 15) is 13.2 Å². The summed E-state index contributed by atoms with van der Waals surface area (Å²) >= 11 is 0. The van der Waals surface area contributed by atoms with Gasteiger partial charge < -0.3 is 4.74 Å². The third-order valence-corrected chi connectivity index (χ3v) is 4.24. The molecule has 1 unspecified atom stereocenters. The molecule has 1 heterocycles. The summed E-state index contributed by atoms with van der Waals surface area (Å²) in [5.41, 5.74) is 0.241. The summed E-state index contributed by atoms with van der Waals surface area (Å²) in [4.78, 5) is 2.02. The van der Waals surface area contributed by atoms with Gasteiger partial charge in [-0.05, 0) is 29.0 Å². The van der Waals surface area contributed by atoms with E-state index in [0.717, 1.165) is 13.0 Å². The molecule has 22 heavy (non-hydrogen) atoms. The van der Waals surface area contributed by atoms with E-state index in [1.165, 1.54) is 6.07 Å². The predicted molar refractivity (Wildman–Crippen MR) is 80.8 cm³/mol. The highest BCUT2D eigenvalue weighted by atomic mass is 19.4. The number of hydrogen-bond donors (Lipinski definition) is 0. The number of benzene rings is 1. The summed E-state index contributed by atoms with van der Waals surface area (Å²) in [6.45, 7) is 7.55. The first-order chi connectivity index (χ1) is 10.1. The first kappa shape index (κ1) is 17.3. The largest absolute Gasteiger partial charge is 0.416 e. The Kier molecular flexibility index (Phi) is 4.87. The Hall–Kier alpha value is -1.07. The summed E-state index contributed by atoms with van der Waals surface area (Å²) in [5, 5.41) is 0. The molecule has 2 rings (SSSR count). The molecule has 1 fully saturated rings. The summed E-state index contributed by atoms with van der Waals surface area (Å²) in [6, 6.07) is 4.75. The first-order valence-corrected chi connectivity index (χ1v) is 7.57. The van der Waals surface area contributed by atoms with E-state index in [1.807, 2.05) is 31.7 Å². The van der Waals surface area contributed by atoms with E-state index in [0.29, 0.717) is 24.2 Å². The normalized spacial score (nSPS) is 20.6. The highest BCUT2D eigenvalue weighted by Crippen LogP contribution is 2.36. The maximum absolute atomic E-state index is 13.4. The van der Waals surface area contributed by atoms with Crippen molar-refractivity contribution >= 4 is 0 Å². The summed E-state index contributed by atoms with van der Waals surface area (Å²) in [6.07, 6.45) is -3.32. The van der Waals surface area contributed by atoms with Crippen LogP contribution in [0.1, 0.15) is 43.9 Å². The van der Waals surface area contributed by atoms with Gasteiger partial charge in [0.05, 0.1) is 11.7 Å². The molecule has 1 aliphatic rings. The zero-order valence-electron chi connectivity index (χ0n) is 13.6. The minimum Gasteiger partial charge on any atom is -0.380 e. The van der Waals surface area contributed by atoms with Crippen molar-refractivity contribution in [1.29, 1.82) is 0 Å². The van der Waals surface area contributed by atoms with Crippen LogP contribution in [0.5, 0.6) is 0 Å². The number of ether oxygens (including phenoxy) is 1. The summed E-state index contributed by atoms with van der Waals surface area (Å²) in [7, 11) is 1.65. The molecule has 0 amide bonds. The SMILES string of the molecule is COC1CCN(Cc2ccc(C(C)(C)C)cc2C(F)(F)F)C1. The molecule has 1 aromatic carbocycles. The molecule has 5 heteroatoms. The van der Waals surface area contributed by atoms with Crippen molar-refractivity contribution in [3.05, 3.63) is 34.9 Å². The van der Waals surface area contributed by atoms with Gasteiger partial charge in [0.15, 0.2) is 0 Å². The predicted octanol–water partition coefficient (Wildman–Crippen LogP) is 4.22. The molecule has 0 saturated carbocycles. The Morgan fingerprint density at radius 2 is 1.91 bits per heavy atom. The summed E-state index contributed by atoms with van der Waals surface area (Å²) < 4.78 is 45.4. The second-order valence-electron chi connectivity index (χ2n) is 7.00. The van der Waals surface area contributed by atoms with Crippen molar-refractivity contribution in [3.8, 4) is 0 Å². The number of hydrogen-bond acceptors (Lipinski definition) is 2. The number of nitrogens with zero attached hydrogens (tertiary/aromatic N) is 1. The second-order valence-corrected chi connectivity index (χ2v) is 7.00. The third kappa shape index (κ3) is 4.02. The van der Waals surface area contributed by atoms with Crippen LogP contribution in [0.25, 0.3) is 0 Å². The Morgan fingerprint density at radius 3 is 2.41 bits per heavy atom. The zero-order chi connectivity index (χ0) is 16.5. The highest BCUT2D eigenvalue weighted by molar-refractivity contribution is 5.37. The van der Waals surface area contributed by atoms with Gasteiger partial charge in [-0.3, -0.25) is 4.90 Å². The van der Waals surface area contributed by atoms with Crippen molar-refractivity contribution in [2.75, 3.05) is 20.2 Å². The molecule has 0 aliphatic carbocycles. The van der Waals surface area contributed by atoms with Gasteiger partial charge in [-0.1, -0.05) is 32.9 Å². The minimum absolute atomic E-state index is 0.128. The quantitative estimate of drug-likeness (QED) is 0.828. The number of halogens is 3. The van der Waals surface area contributed by atoms with Gasteiger partial charge in [-0.2, -0.15) is 13.2 Å². The van der Waals surface area contributed by atoms with Gasteiger partial charge in [0.25, 0.3) is 0 Å². The lowest BCUT2D eigenvalue weighted by molar-refractivity contribution is -0.138. The maximum Gasteiger partial charge on any atom is 0.416 e. The van der Waals surface area contributed by atoms with Gasteiger partial charge in [-0.15, -0.1) is 0 Å². The molecular formula is C17H24F3NO. The fourth-order valence-corrected chi connectivity index (χ4v) is 2.82. The molecule has 1 aliphatic heterocycles. The standard InChI is InChI=1S/C17H24F3NO/c1-16(2,3)13-6-5-12(15(9-13)17(18,19)20)10-21-8-7-14(11-21)22-4/h5-6,9,14H,7-8,10-11H2,1-4H3. The van der Waals surface area contributed by atoms with Crippen LogP contribution in [0, 0.1) is 0 Å².